The molecule has 2 rings (SSSR count). The standard InChI is InChI=1S/C13H22N2O2S2/c1-9-10(2)18-13(15-9)7-12(14-3)6-11-4-5-19(16,17)8-11/h11-12,14H,4-8H2,1-3H3. The first-order valence-electron chi connectivity index (χ1n) is 6.70. The van der Waals surface area contributed by atoms with Crippen LogP contribution in [0.25, 0.3) is 0 Å². The molecule has 2 unspecified atom stereocenters. The van der Waals surface area contributed by atoms with Crippen LogP contribution in [-0.4, -0.2) is 38.0 Å². The van der Waals surface area contributed by atoms with E-state index in [2.05, 4.69) is 17.2 Å². The molecule has 6 heteroatoms. The van der Waals surface area contributed by atoms with E-state index >= 15 is 0 Å². The summed E-state index contributed by atoms with van der Waals surface area (Å²) < 4.78 is 23.0. The van der Waals surface area contributed by atoms with Crippen LogP contribution in [0.3, 0.4) is 0 Å². The molecule has 1 aliphatic rings. The van der Waals surface area contributed by atoms with Crippen LogP contribution in [-0.2, 0) is 16.3 Å². The molecule has 4 nitrogen and oxygen atoms in total. The number of nitrogens with one attached hydrogen (secondary N) is 1. The minimum absolute atomic E-state index is 0.310. The molecule has 0 amide bonds. The Morgan fingerprint density at radius 1 is 1.47 bits per heavy atom. The lowest BCUT2D eigenvalue weighted by molar-refractivity contribution is 0.423. The zero-order valence-electron chi connectivity index (χ0n) is 11.8. The molecule has 0 bridgehead atoms. The summed E-state index contributed by atoms with van der Waals surface area (Å²) in [5.41, 5.74) is 1.11. The van der Waals surface area contributed by atoms with E-state index in [1.165, 1.54) is 4.88 Å². The van der Waals surface area contributed by atoms with Crippen molar-refractivity contribution in [2.75, 3.05) is 18.6 Å². The zero-order chi connectivity index (χ0) is 14.0. The molecule has 108 valence electrons. The molecule has 1 fully saturated rings. The summed E-state index contributed by atoms with van der Waals surface area (Å²) in [5, 5.41) is 4.45. The second kappa shape index (κ2) is 5.89. The van der Waals surface area contributed by atoms with E-state index in [4.69, 9.17) is 0 Å². The van der Waals surface area contributed by atoms with Crippen molar-refractivity contribution in [2.45, 2.75) is 39.2 Å². The van der Waals surface area contributed by atoms with Gasteiger partial charge in [0.2, 0.25) is 0 Å². The van der Waals surface area contributed by atoms with Crippen molar-refractivity contribution in [1.82, 2.24) is 10.3 Å². The SMILES string of the molecule is CNC(Cc1nc(C)c(C)s1)CC1CCS(=O)(=O)C1. The maximum atomic E-state index is 11.5. The van der Waals surface area contributed by atoms with Crippen LogP contribution in [0.1, 0.15) is 28.4 Å². The summed E-state index contributed by atoms with van der Waals surface area (Å²) in [5.74, 6) is 1.04. The van der Waals surface area contributed by atoms with E-state index < -0.39 is 9.84 Å². The average molecular weight is 302 g/mol. The normalized spacial score (nSPS) is 23.6. The van der Waals surface area contributed by atoms with Gasteiger partial charge >= 0.3 is 0 Å². The lowest BCUT2D eigenvalue weighted by atomic mass is 9.97. The average Bonchev–Trinajstić information content (AvgIpc) is 2.81. The lowest BCUT2D eigenvalue weighted by Gasteiger charge is -2.18. The molecule has 1 N–H and O–H groups in total. The summed E-state index contributed by atoms with van der Waals surface area (Å²) in [7, 11) is -0.820. The fourth-order valence-electron chi connectivity index (χ4n) is 2.60. The van der Waals surface area contributed by atoms with Gasteiger partial charge in [-0.2, -0.15) is 0 Å². The Hall–Kier alpha value is -0.460. The highest BCUT2D eigenvalue weighted by Crippen LogP contribution is 2.25. The van der Waals surface area contributed by atoms with Crippen molar-refractivity contribution >= 4 is 21.2 Å². The predicted molar refractivity (Wildman–Crippen MR) is 79.5 cm³/mol. The molecule has 2 atom stereocenters. The number of rotatable bonds is 5. The van der Waals surface area contributed by atoms with Gasteiger partial charge in [-0.3, -0.25) is 0 Å². The first-order valence-corrected chi connectivity index (χ1v) is 9.34. The summed E-state index contributed by atoms with van der Waals surface area (Å²) in [6, 6.07) is 0.322. The molecular weight excluding hydrogens is 280 g/mol. The number of hydrogen-bond acceptors (Lipinski definition) is 5. The fourth-order valence-corrected chi connectivity index (χ4v) is 5.49. The first kappa shape index (κ1) is 14.9. The third-order valence-electron chi connectivity index (χ3n) is 3.85. The van der Waals surface area contributed by atoms with Gasteiger partial charge in [-0.25, -0.2) is 13.4 Å². The van der Waals surface area contributed by atoms with Crippen molar-refractivity contribution in [3.05, 3.63) is 15.6 Å². The Bertz CT molecular complexity index is 517. The van der Waals surface area contributed by atoms with Crippen LogP contribution in [0.2, 0.25) is 0 Å². The van der Waals surface area contributed by atoms with Crippen LogP contribution in [0, 0.1) is 19.8 Å². The van der Waals surface area contributed by atoms with Crippen LogP contribution in [0.15, 0.2) is 0 Å². The third-order valence-corrected chi connectivity index (χ3v) is 6.78. The number of aryl methyl sites for hydroxylation is 2. The fraction of sp³-hybridized carbons (Fsp3) is 0.769. The van der Waals surface area contributed by atoms with Gasteiger partial charge in [0.25, 0.3) is 0 Å². The Balaban J connectivity index is 1.94. The largest absolute Gasteiger partial charge is 0.317 e. The Morgan fingerprint density at radius 2 is 2.21 bits per heavy atom. The minimum atomic E-state index is -2.77. The van der Waals surface area contributed by atoms with Gasteiger partial charge in [0.1, 0.15) is 0 Å². The Morgan fingerprint density at radius 3 is 2.68 bits per heavy atom. The molecular formula is C13H22N2O2S2. The third kappa shape index (κ3) is 4.00. The van der Waals surface area contributed by atoms with E-state index in [-0.39, 0.29) is 0 Å². The molecule has 0 radical (unpaired) electrons. The highest BCUT2D eigenvalue weighted by molar-refractivity contribution is 7.91. The summed E-state index contributed by atoms with van der Waals surface area (Å²) in [4.78, 5) is 5.83. The number of thiazole rings is 1. The summed E-state index contributed by atoms with van der Waals surface area (Å²) in [6.45, 7) is 4.13. The topological polar surface area (TPSA) is 59.1 Å². The molecule has 0 aliphatic carbocycles. The molecule has 19 heavy (non-hydrogen) atoms. The van der Waals surface area contributed by atoms with Gasteiger partial charge in [-0.05, 0) is 39.7 Å². The number of likely N-dealkylation sites (N-methyl/N-ethyl adjacent to an activating group) is 1. The molecule has 2 heterocycles. The number of nitrogens with zero attached hydrogens (tertiary/aromatic N) is 1. The van der Waals surface area contributed by atoms with Gasteiger partial charge in [0.05, 0.1) is 22.2 Å². The summed E-state index contributed by atoms with van der Waals surface area (Å²) in [6.07, 6.45) is 2.64. The van der Waals surface area contributed by atoms with Crippen molar-refractivity contribution < 1.29 is 8.42 Å². The second-order valence-electron chi connectivity index (χ2n) is 5.44. The quantitative estimate of drug-likeness (QED) is 0.899. The maximum absolute atomic E-state index is 11.5. The van der Waals surface area contributed by atoms with E-state index in [1.807, 2.05) is 14.0 Å². The van der Waals surface area contributed by atoms with Crippen molar-refractivity contribution in [1.29, 1.82) is 0 Å². The number of hydrogen-bond donors (Lipinski definition) is 1. The number of sulfone groups is 1. The number of aromatic nitrogens is 1. The van der Waals surface area contributed by atoms with Crippen LogP contribution >= 0.6 is 11.3 Å². The first-order chi connectivity index (χ1) is 8.89. The molecule has 1 aromatic rings. The Kier molecular flexibility index (Phi) is 4.63. The van der Waals surface area contributed by atoms with Crippen LogP contribution in [0.5, 0.6) is 0 Å². The molecule has 1 saturated heterocycles. The molecule has 0 aromatic carbocycles. The second-order valence-corrected chi connectivity index (χ2v) is 8.96. The molecule has 0 spiro atoms. The van der Waals surface area contributed by atoms with Gasteiger partial charge in [-0.1, -0.05) is 0 Å². The van der Waals surface area contributed by atoms with Crippen molar-refractivity contribution in [2.24, 2.45) is 5.92 Å². The van der Waals surface area contributed by atoms with Gasteiger partial charge in [-0.15, -0.1) is 11.3 Å². The lowest BCUT2D eigenvalue weighted by Crippen LogP contribution is -2.30. The zero-order valence-corrected chi connectivity index (χ0v) is 13.4. The predicted octanol–water partition coefficient (Wildman–Crippen LogP) is 1.72. The van der Waals surface area contributed by atoms with Gasteiger partial charge < -0.3 is 5.32 Å². The smallest absolute Gasteiger partial charge is 0.150 e. The van der Waals surface area contributed by atoms with Gasteiger partial charge in [0, 0.05) is 17.3 Å². The summed E-state index contributed by atoms with van der Waals surface area (Å²) >= 11 is 1.75. The van der Waals surface area contributed by atoms with Crippen molar-refractivity contribution in [3.63, 3.8) is 0 Å². The van der Waals surface area contributed by atoms with Crippen LogP contribution in [0.4, 0.5) is 0 Å². The van der Waals surface area contributed by atoms with E-state index in [0.717, 1.165) is 30.0 Å². The molecule has 0 saturated carbocycles. The van der Waals surface area contributed by atoms with E-state index in [1.54, 1.807) is 11.3 Å². The highest BCUT2D eigenvalue weighted by atomic mass is 32.2. The highest BCUT2D eigenvalue weighted by Gasteiger charge is 2.29. The van der Waals surface area contributed by atoms with E-state index in [9.17, 15) is 8.42 Å². The maximum Gasteiger partial charge on any atom is 0.150 e. The van der Waals surface area contributed by atoms with Crippen molar-refractivity contribution in [3.8, 4) is 0 Å². The van der Waals surface area contributed by atoms with Gasteiger partial charge in [0.15, 0.2) is 9.84 Å². The monoisotopic (exact) mass is 302 g/mol. The molecule has 1 aliphatic heterocycles. The Labute approximate surface area is 119 Å². The molecule has 1 aromatic heterocycles. The van der Waals surface area contributed by atoms with Crippen LogP contribution < -0.4 is 5.32 Å². The van der Waals surface area contributed by atoms with E-state index in [0.29, 0.717) is 23.5 Å². The minimum Gasteiger partial charge on any atom is -0.317 e.